The molecule has 5 rings (SSSR count). The van der Waals surface area contributed by atoms with Gasteiger partial charge in [-0.25, -0.2) is 26.0 Å². The van der Waals surface area contributed by atoms with E-state index in [1.807, 2.05) is 22.1 Å². The second-order valence-corrected chi connectivity index (χ2v) is 12.6. The van der Waals surface area contributed by atoms with Gasteiger partial charge in [0, 0.05) is 42.3 Å². The molecule has 222 valence electrons. The zero-order valence-electron chi connectivity index (χ0n) is 22.6. The Hall–Kier alpha value is -4.10. The maximum absolute atomic E-state index is 11.3. The molecule has 0 spiro atoms. The number of fused-ring (bicyclic) bond motifs is 3. The van der Waals surface area contributed by atoms with Crippen molar-refractivity contribution in [1.29, 1.82) is 5.26 Å². The van der Waals surface area contributed by atoms with Crippen LogP contribution >= 0.6 is 0 Å². The predicted molar refractivity (Wildman–Crippen MR) is 149 cm³/mol. The van der Waals surface area contributed by atoms with Gasteiger partial charge < -0.3 is 28.2 Å². The summed E-state index contributed by atoms with van der Waals surface area (Å²) in [5.41, 5.74) is 2.60. The molecule has 3 aromatic rings. The van der Waals surface area contributed by atoms with Crippen LogP contribution < -0.4 is 23.7 Å². The molecule has 0 radical (unpaired) electrons. The number of allylic oxidation sites excluding steroid dienone is 2. The molecule has 0 atom stereocenters. The van der Waals surface area contributed by atoms with Gasteiger partial charge in [0.1, 0.15) is 0 Å². The lowest BCUT2D eigenvalue weighted by Crippen LogP contribution is -2.35. The summed E-state index contributed by atoms with van der Waals surface area (Å²) >= 11 is 0. The van der Waals surface area contributed by atoms with Crippen molar-refractivity contribution in [2.24, 2.45) is 0 Å². The highest BCUT2D eigenvalue weighted by Crippen LogP contribution is 2.47. The molecule has 0 unspecified atom stereocenters. The van der Waals surface area contributed by atoms with Gasteiger partial charge in [-0.1, -0.05) is 0 Å². The van der Waals surface area contributed by atoms with Crippen LogP contribution in [0.5, 0.6) is 17.2 Å². The Balaban J connectivity index is 1.51. The second kappa shape index (κ2) is 11.6. The van der Waals surface area contributed by atoms with Gasteiger partial charge in [-0.3, -0.25) is 0 Å². The van der Waals surface area contributed by atoms with Gasteiger partial charge in [-0.15, -0.1) is 0 Å². The first kappa shape index (κ1) is 29.4. The number of imidazole rings is 1. The van der Waals surface area contributed by atoms with Crippen LogP contribution in [-0.2, 0) is 33.3 Å². The highest BCUT2D eigenvalue weighted by atomic mass is 32.2. The second-order valence-electron chi connectivity index (χ2n) is 9.59. The van der Waals surface area contributed by atoms with Crippen LogP contribution in [0.3, 0.4) is 0 Å². The Kier molecular flexibility index (Phi) is 8.15. The third-order valence-electron chi connectivity index (χ3n) is 6.82. The zero-order valence-corrected chi connectivity index (χ0v) is 24.2. The van der Waals surface area contributed by atoms with Crippen molar-refractivity contribution in [1.82, 2.24) is 4.57 Å². The lowest BCUT2D eigenvalue weighted by Gasteiger charge is -2.18. The van der Waals surface area contributed by atoms with Crippen molar-refractivity contribution < 1.29 is 44.7 Å². The summed E-state index contributed by atoms with van der Waals surface area (Å²) in [5.74, 6) is 1.52. The standard InChI is InChI=1S/C27H28N4O9S2/c1-2-29-20-9-8-19(17-28)14-21(20)30(10-4-12-41(32,33)34)26(29)6-3-7-27-31(11-5-13-42(35,36)37)22-15-24-25(39-18-38-24)16-23(22)40-27/h3,6-9,14-16H,2,4-5,10-13,18H2,1H3,(H-,32,33,34,35,36,37)/p-1. The van der Waals surface area contributed by atoms with E-state index < -0.39 is 31.7 Å². The molecule has 13 nitrogen and oxygen atoms in total. The highest BCUT2D eigenvalue weighted by molar-refractivity contribution is 7.85. The minimum atomic E-state index is -4.40. The molecule has 0 aliphatic carbocycles. The van der Waals surface area contributed by atoms with Crippen LogP contribution in [0.25, 0.3) is 17.1 Å². The number of nitriles is 1. The van der Waals surface area contributed by atoms with E-state index in [0.29, 0.717) is 52.3 Å². The van der Waals surface area contributed by atoms with E-state index in [0.717, 1.165) is 5.52 Å². The molecular formula is C27H27N4O9S2-. The summed E-state index contributed by atoms with van der Waals surface area (Å²) in [6.07, 6.45) is 5.36. The van der Waals surface area contributed by atoms with Crippen LogP contribution in [0.2, 0.25) is 0 Å². The molecule has 0 amide bonds. The van der Waals surface area contributed by atoms with Crippen molar-refractivity contribution in [3.8, 4) is 23.3 Å². The van der Waals surface area contributed by atoms with Crippen LogP contribution in [0.4, 0.5) is 5.69 Å². The van der Waals surface area contributed by atoms with Gasteiger partial charge in [0.15, 0.2) is 28.3 Å². The average Bonchev–Trinajstić information content (AvgIpc) is 3.59. The number of nitrogens with zero attached hydrogens (tertiary/aromatic N) is 4. The highest BCUT2D eigenvalue weighted by Gasteiger charge is 2.30. The Labute approximate surface area is 242 Å². The van der Waals surface area contributed by atoms with Gasteiger partial charge in [0.25, 0.3) is 5.82 Å². The molecule has 0 saturated carbocycles. The SMILES string of the molecule is CC[n+]1c(C=CC=C2Oc3cc4c(cc3N2CCCS(=O)(=O)[O-])OCO4)n(CCCS(=O)(=O)[O-])c2cc(C#N)ccc21. The minimum absolute atomic E-state index is 0.0675. The van der Waals surface area contributed by atoms with Gasteiger partial charge in [-0.2, -0.15) is 5.26 Å². The number of aromatic nitrogens is 2. The number of hydrogen-bond donors (Lipinski definition) is 0. The van der Waals surface area contributed by atoms with Gasteiger partial charge in [-0.05, 0) is 44.1 Å². The van der Waals surface area contributed by atoms with Crippen molar-refractivity contribution in [2.75, 3.05) is 29.7 Å². The molecule has 0 saturated heterocycles. The molecule has 3 heterocycles. The monoisotopic (exact) mass is 615 g/mol. The summed E-state index contributed by atoms with van der Waals surface area (Å²) in [5, 5.41) is 9.43. The predicted octanol–water partition coefficient (Wildman–Crippen LogP) is 2.17. The number of benzene rings is 2. The fourth-order valence-electron chi connectivity index (χ4n) is 5.04. The lowest BCUT2D eigenvalue weighted by atomic mass is 10.2. The molecule has 0 fully saturated rings. The number of ether oxygens (including phenoxy) is 3. The fraction of sp³-hybridized carbons (Fsp3) is 0.333. The maximum atomic E-state index is 11.3. The molecule has 2 aromatic carbocycles. The first-order valence-corrected chi connectivity index (χ1v) is 16.2. The van der Waals surface area contributed by atoms with E-state index in [1.165, 1.54) is 0 Å². The number of rotatable bonds is 11. The first-order valence-electron chi connectivity index (χ1n) is 13.1. The molecule has 2 aliphatic rings. The zero-order chi connectivity index (χ0) is 30.1. The quantitative estimate of drug-likeness (QED) is 0.228. The van der Waals surface area contributed by atoms with Crippen LogP contribution in [0.1, 0.15) is 31.2 Å². The molecular weight excluding hydrogens is 588 g/mol. The fourth-order valence-corrected chi connectivity index (χ4v) is 6.00. The average molecular weight is 616 g/mol. The normalized spacial score (nSPS) is 15.5. The molecule has 1 aromatic heterocycles. The lowest BCUT2D eigenvalue weighted by molar-refractivity contribution is -0.670. The Bertz CT molecular complexity index is 1860. The summed E-state index contributed by atoms with van der Waals surface area (Å²) in [6, 6.07) is 10.8. The topological polar surface area (TPSA) is 178 Å². The summed E-state index contributed by atoms with van der Waals surface area (Å²) in [6.45, 7) is 2.99. The van der Waals surface area contributed by atoms with Crippen LogP contribution in [0, 0.1) is 11.3 Å². The van der Waals surface area contributed by atoms with E-state index >= 15 is 0 Å². The first-order chi connectivity index (χ1) is 20.0. The smallest absolute Gasteiger partial charge is 0.282 e. The van der Waals surface area contributed by atoms with Crippen molar-refractivity contribution in [3.05, 3.63) is 59.8 Å². The van der Waals surface area contributed by atoms with E-state index in [9.17, 15) is 31.2 Å². The van der Waals surface area contributed by atoms with E-state index in [2.05, 4.69) is 6.07 Å². The van der Waals surface area contributed by atoms with Crippen LogP contribution in [-0.4, -0.2) is 55.4 Å². The molecule has 0 N–H and O–H groups in total. The van der Waals surface area contributed by atoms with E-state index in [4.69, 9.17) is 14.2 Å². The molecule has 0 bridgehead atoms. The maximum Gasteiger partial charge on any atom is 0.282 e. The number of hydrogen-bond acceptors (Lipinski definition) is 11. The Morgan fingerprint density at radius 1 is 1.00 bits per heavy atom. The van der Waals surface area contributed by atoms with Crippen LogP contribution in [0.15, 0.2) is 48.4 Å². The third-order valence-corrected chi connectivity index (χ3v) is 8.39. The van der Waals surface area contributed by atoms with Gasteiger partial charge >= 0.3 is 0 Å². The Morgan fingerprint density at radius 2 is 1.69 bits per heavy atom. The van der Waals surface area contributed by atoms with Crippen molar-refractivity contribution >= 4 is 43.0 Å². The van der Waals surface area contributed by atoms with Gasteiger partial charge in [0.2, 0.25) is 12.7 Å². The number of aryl methyl sites for hydroxylation is 2. The molecule has 42 heavy (non-hydrogen) atoms. The van der Waals surface area contributed by atoms with E-state index in [1.54, 1.807) is 47.4 Å². The van der Waals surface area contributed by atoms with Crippen molar-refractivity contribution in [2.45, 2.75) is 32.9 Å². The summed E-state index contributed by atoms with van der Waals surface area (Å²) < 4.78 is 88.2. The summed E-state index contributed by atoms with van der Waals surface area (Å²) in [7, 11) is -8.80. The number of anilines is 1. The molecule has 2 aliphatic heterocycles. The minimum Gasteiger partial charge on any atom is -0.748 e. The summed E-state index contributed by atoms with van der Waals surface area (Å²) in [4.78, 5) is 1.74. The third kappa shape index (κ3) is 6.36. The van der Waals surface area contributed by atoms with Crippen molar-refractivity contribution in [3.63, 3.8) is 0 Å². The largest absolute Gasteiger partial charge is 0.748 e. The van der Waals surface area contributed by atoms with Gasteiger partial charge in [0.05, 0.1) is 50.6 Å². The van der Waals surface area contributed by atoms with E-state index in [-0.39, 0.29) is 32.7 Å². The molecule has 15 heteroatoms. The Morgan fingerprint density at radius 3 is 2.36 bits per heavy atom.